The maximum atomic E-state index is 12.4. The van der Waals surface area contributed by atoms with Crippen LogP contribution in [-0.4, -0.2) is 72.2 Å². The largest absolute Gasteiger partial charge is 0.748 e. The molecule has 0 aliphatic carbocycles. The van der Waals surface area contributed by atoms with Crippen molar-refractivity contribution in [1.82, 2.24) is 9.80 Å². The van der Waals surface area contributed by atoms with Gasteiger partial charge in [-0.25, -0.2) is 16.8 Å². The van der Waals surface area contributed by atoms with Crippen molar-refractivity contribution in [1.29, 1.82) is 0 Å². The molecule has 1 rings (SSSR count). The van der Waals surface area contributed by atoms with Crippen LogP contribution in [0.15, 0.2) is 48.6 Å². The minimum Gasteiger partial charge on any atom is -0.748 e. The SMILES string of the molecule is C=C(C)C(=O)N(CCS(=O)(=O)[O-])Cc1cccc(CN(CCS(=O)(=O)[O-])C(=O)C(=C)C)c1. The molecule has 0 bridgehead atoms. The predicted molar refractivity (Wildman–Crippen MR) is 116 cm³/mol. The number of rotatable bonds is 12. The standard InChI is InChI=1S/C20H28N2O8S2/c1-15(2)19(23)21(8-10-31(25,26)27)13-17-6-5-7-18(12-17)14-22(20(24)16(3)4)9-11-32(28,29)30/h5-7,12H,1,3,8-11,13-14H2,2,4H3,(H,25,26,27)(H,28,29,30)/p-2. The number of carbonyl (C=O) groups is 2. The molecule has 0 unspecified atom stereocenters. The van der Waals surface area contributed by atoms with Crippen LogP contribution in [0.5, 0.6) is 0 Å². The maximum absolute atomic E-state index is 12.4. The molecule has 1 aromatic carbocycles. The number of carbonyl (C=O) groups excluding carboxylic acids is 2. The van der Waals surface area contributed by atoms with Gasteiger partial charge in [0.15, 0.2) is 0 Å². The number of hydrogen-bond donors (Lipinski definition) is 0. The van der Waals surface area contributed by atoms with E-state index in [1.165, 1.54) is 23.6 Å². The summed E-state index contributed by atoms with van der Waals surface area (Å²) in [5.74, 6) is -2.54. The normalized spacial score (nSPS) is 11.6. The minimum absolute atomic E-state index is 0.0155. The van der Waals surface area contributed by atoms with Gasteiger partial charge in [0.05, 0.1) is 31.7 Å². The van der Waals surface area contributed by atoms with Crippen LogP contribution in [0.3, 0.4) is 0 Å². The minimum atomic E-state index is -4.53. The molecule has 2 amide bonds. The van der Waals surface area contributed by atoms with Crippen molar-refractivity contribution in [3.8, 4) is 0 Å². The van der Waals surface area contributed by atoms with Crippen LogP contribution in [0, 0.1) is 0 Å². The van der Waals surface area contributed by atoms with Gasteiger partial charge in [0.25, 0.3) is 0 Å². The summed E-state index contributed by atoms with van der Waals surface area (Å²) in [6, 6.07) is 6.63. The fraction of sp³-hybridized carbons (Fsp3) is 0.400. The lowest BCUT2D eigenvalue weighted by Crippen LogP contribution is -2.35. The van der Waals surface area contributed by atoms with Gasteiger partial charge in [0, 0.05) is 37.3 Å². The van der Waals surface area contributed by atoms with Gasteiger partial charge in [0.2, 0.25) is 11.8 Å². The molecule has 0 spiro atoms. The van der Waals surface area contributed by atoms with Crippen molar-refractivity contribution in [2.75, 3.05) is 24.6 Å². The lowest BCUT2D eigenvalue weighted by atomic mass is 10.1. The van der Waals surface area contributed by atoms with E-state index in [4.69, 9.17) is 0 Å². The molecule has 0 N–H and O–H groups in total. The van der Waals surface area contributed by atoms with Crippen LogP contribution in [0.4, 0.5) is 0 Å². The molecular formula is C20H26N2O8S2-2. The smallest absolute Gasteiger partial charge is 0.249 e. The van der Waals surface area contributed by atoms with Crippen LogP contribution < -0.4 is 0 Å². The van der Waals surface area contributed by atoms with Crippen LogP contribution in [0.2, 0.25) is 0 Å². The van der Waals surface area contributed by atoms with Crippen LogP contribution in [0.25, 0.3) is 0 Å². The molecule has 32 heavy (non-hydrogen) atoms. The summed E-state index contributed by atoms with van der Waals surface area (Å²) in [6.45, 7) is 9.36. The highest BCUT2D eigenvalue weighted by atomic mass is 32.2. The van der Waals surface area contributed by atoms with Gasteiger partial charge in [-0.2, -0.15) is 0 Å². The van der Waals surface area contributed by atoms with Gasteiger partial charge < -0.3 is 18.9 Å². The second kappa shape index (κ2) is 11.4. The lowest BCUT2D eigenvalue weighted by molar-refractivity contribution is -0.128. The molecule has 12 heteroatoms. The van der Waals surface area contributed by atoms with Gasteiger partial charge in [0.1, 0.15) is 0 Å². The zero-order valence-corrected chi connectivity index (χ0v) is 19.6. The van der Waals surface area contributed by atoms with Crippen LogP contribution >= 0.6 is 0 Å². The van der Waals surface area contributed by atoms with Crippen molar-refractivity contribution >= 4 is 32.1 Å². The van der Waals surface area contributed by atoms with Crippen molar-refractivity contribution in [2.24, 2.45) is 0 Å². The Balaban J connectivity index is 3.09. The van der Waals surface area contributed by atoms with Crippen LogP contribution in [-0.2, 0) is 42.9 Å². The molecule has 178 valence electrons. The third-order valence-corrected chi connectivity index (χ3v) is 5.63. The Morgan fingerprint density at radius 3 is 1.44 bits per heavy atom. The fourth-order valence-electron chi connectivity index (χ4n) is 2.76. The summed E-state index contributed by atoms with van der Waals surface area (Å²) in [5.41, 5.74) is 1.50. The summed E-state index contributed by atoms with van der Waals surface area (Å²) in [5, 5.41) is 0. The average Bonchev–Trinajstić information content (AvgIpc) is 2.66. The van der Waals surface area contributed by atoms with E-state index in [-0.39, 0.29) is 37.3 Å². The van der Waals surface area contributed by atoms with Gasteiger partial charge in [-0.3, -0.25) is 9.59 Å². The van der Waals surface area contributed by atoms with E-state index in [2.05, 4.69) is 13.2 Å². The quantitative estimate of drug-likeness (QED) is 0.307. The summed E-state index contributed by atoms with van der Waals surface area (Å²) in [4.78, 5) is 27.1. The van der Waals surface area contributed by atoms with Crippen molar-refractivity contribution in [3.05, 3.63) is 59.7 Å². The molecule has 0 radical (unpaired) electrons. The van der Waals surface area contributed by atoms with Gasteiger partial charge in [-0.1, -0.05) is 37.4 Å². The second-order valence-corrected chi connectivity index (χ2v) is 10.4. The Morgan fingerprint density at radius 2 is 1.16 bits per heavy atom. The molecule has 0 fully saturated rings. The van der Waals surface area contributed by atoms with Crippen molar-refractivity contribution in [2.45, 2.75) is 26.9 Å². The summed E-state index contributed by atoms with van der Waals surface area (Å²) in [7, 11) is -9.06. The molecule has 1 aromatic rings. The maximum Gasteiger partial charge on any atom is 0.249 e. The molecule has 0 aliphatic heterocycles. The van der Waals surface area contributed by atoms with E-state index < -0.39 is 43.6 Å². The topological polar surface area (TPSA) is 155 Å². The van der Waals surface area contributed by atoms with E-state index in [0.29, 0.717) is 11.1 Å². The fourth-order valence-corrected chi connectivity index (χ4v) is 3.64. The monoisotopic (exact) mass is 486 g/mol. The van der Waals surface area contributed by atoms with Gasteiger partial charge in [-0.15, -0.1) is 0 Å². The van der Waals surface area contributed by atoms with E-state index >= 15 is 0 Å². The highest BCUT2D eigenvalue weighted by Crippen LogP contribution is 2.14. The van der Waals surface area contributed by atoms with Crippen molar-refractivity contribution in [3.63, 3.8) is 0 Å². The van der Waals surface area contributed by atoms with Gasteiger partial charge >= 0.3 is 0 Å². The summed E-state index contributed by atoms with van der Waals surface area (Å²) in [6.07, 6.45) is 0. The number of nitrogens with zero attached hydrogens (tertiary/aromatic N) is 2. The first-order valence-corrected chi connectivity index (χ1v) is 12.6. The van der Waals surface area contributed by atoms with Gasteiger partial charge in [-0.05, 0) is 25.0 Å². The van der Waals surface area contributed by atoms with E-state index in [1.54, 1.807) is 24.3 Å². The first-order valence-electron chi connectivity index (χ1n) is 9.43. The number of amides is 2. The lowest BCUT2D eigenvalue weighted by Gasteiger charge is -2.25. The Morgan fingerprint density at radius 1 is 0.812 bits per heavy atom. The zero-order chi connectivity index (χ0) is 24.7. The summed E-state index contributed by atoms with van der Waals surface area (Å²) < 4.78 is 65.9. The number of benzene rings is 1. The molecule has 0 saturated heterocycles. The molecule has 10 nitrogen and oxygen atoms in total. The number of hydrogen-bond acceptors (Lipinski definition) is 8. The Labute approximate surface area is 188 Å². The Hall–Kier alpha value is -2.54. The van der Waals surface area contributed by atoms with E-state index in [0.717, 1.165) is 0 Å². The highest BCUT2D eigenvalue weighted by molar-refractivity contribution is 7.85. The third-order valence-electron chi connectivity index (χ3n) is 4.27. The second-order valence-electron chi connectivity index (χ2n) is 7.36. The van der Waals surface area contributed by atoms with Crippen LogP contribution in [0.1, 0.15) is 25.0 Å². The van der Waals surface area contributed by atoms with Crippen molar-refractivity contribution < 1.29 is 35.5 Å². The molecule has 0 heterocycles. The molecule has 0 aromatic heterocycles. The average molecular weight is 487 g/mol. The first kappa shape index (κ1) is 27.5. The Bertz CT molecular complexity index is 1010. The molecule has 0 atom stereocenters. The van der Waals surface area contributed by atoms with E-state index in [9.17, 15) is 35.5 Å². The highest BCUT2D eigenvalue weighted by Gasteiger charge is 2.18. The molecular weight excluding hydrogens is 460 g/mol. The Kier molecular flexibility index (Phi) is 9.76. The molecule has 0 saturated carbocycles. The predicted octanol–water partition coefficient (Wildman–Crippen LogP) is 0.586. The third kappa shape index (κ3) is 10.2. The van der Waals surface area contributed by atoms with E-state index in [1.807, 2.05) is 0 Å². The first-order chi connectivity index (χ1) is 14.6. The zero-order valence-electron chi connectivity index (χ0n) is 17.9. The summed E-state index contributed by atoms with van der Waals surface area (Å²) >= 11 is 0. The molecule has 0 aliphatic rings.